The average Bonchev–Trinajstić information content (AvgIpc) is 2.63. The zero-order valence-electron chi connectivity index (χ0n) is 15.3. The second kappa shape index (κ2) is 11.1. The Kier molecular flexibility index (Phi) is 9.11. The molecule has 1 aromatic carbocycles. The molecule has 152 valence electrons. The molecule has 0 aromatic heterocycles. The van der Waals surface area contributed by atoms with Crippen LogP contribution in [0.2, 0.25) is 0 Å². The second-order valence-electron chi connectivity index (χ2n) is 6.34. The summed E-state index contributed by atoms with van der Waals surface area (Å²) < 4.78 is 42.6. The van der Waals surface area contributed by atoms with E-state index < -0.39 is 12.7 Å². The van der Waals surface area contributed by atoms with E-state index in [4.69, 9.17) is 4.74 Å². The van der Waals surface area contributed by atoms with Gasteiger partial charge in [0.1, 0.15) is 5.75 Å². The standard InChI is InChI=1S/C18H25F3N2O2S2/c1-23(13-18(19,20)21)9-2-8-22-16(24)12-25-15-6-4-14(5-7-15)17-26-10-3-11-27-17/h4-7,17H,2-3,8-13H2,1H3,(H,22,24). The van der Waals surface area contributed by atoms with E-state index in [1.54, 1.807) is 0 Å². The summed E-state index contributed by atoms with van der Waals surface area (Å²) in [5, 5.41) is 2.66. The van der Waals surface area contributed by atoms with Crippen molar-refractivity contribution in [3.63, 3.8) is 0 Å². The van der Waals surface area contributed by atoms with Crippen LogP contribution >= 0.6 is 23.5 Å². The molecule has 1 fully saturated rings. The molecule has 0 atom stereocenters. The highest BCUT2D eigenvalue weighted by molar-refractivity contribution is 8.16. The van der Waals surface area contributed by atoms with E-state index in [-0.39, 0.29) is 19.1 Å². The van der Waals surface area contributed by atoms with E-state index in [1.165, 1.54) is 35.4 Å². The summed E-state index contributed by atoms with van der Waals surface area (Å²) in [4.78, 5) is 13.0. The lowest BCUT2D eigenvalue weighted by molar-refractivity contribution is -0.143. The highest BCUT2D eigenvalue weighted by Crippen LogP contribution is 2.43. The van der Waals surface area contributed by atoms with Gasteiger partial charge >= 0.3 is 6.18 Å². The number of alkyl halides is 3. The van der Waals surface area contributed by atoms with Gasteiger partial charge in [0.15, 0.2) is 6.61 Å². The summed E-state index contributed by atoms with van der Waals surface area (Å²) in [7, 11) is 1.41. The van der Waals surface area contributed by atoms with Gasteiger partial charge in [-0.05, 0) is 55.6 Å². The molecule has 0 spiro atoms. The Balaban J connectivity index is 1.61. The average molecular weight is 423 g/mol. The maximum Gasteiger partial charge on any atom is 0.401 e. The highest BCUT2D eigenvalue weighted by Gasteiger charge is 2.28. The Bertz CT molecular complexity index is 579. The van der Waals surface area contributed by atoms with Crippen LogP contribution in [0.5, 0.6) is 5.75 Å². The Labute approximate surface area is 166 Å². The molecular weight excluding hydrogens is 397 g/mol. The van der Waals surface area contributed by atoms with Crippen molar-refractivity contribution in [2.75, 3.05) is 44.8 Å². The predicted octanol–water partition coefficient (Wildman–Crippen LogP) is 3.93. The zero-order valence-corrected chi connectivity index (χ0v) is 16.9. The summed E-state index contributed by atoms with van der Waals surface area (Å²) in [5.74, 6) is 2.71. The molecule has 27 heavy (non-hydrogen) atoms. The van der Waals surface area contributed by atoms with Crippen molar-refractivity contribution in [1.29, 1.82) is 0 Å². The summed E-state index contributed by atoms with van der Waals surface area (Å²) in [6.07, 6.45) is -2.50. The number of rotatable bonds is 9. The lowest BCUT2D eigenvalue weighted by atomic mass is 10.2. The molecule has 1 heterocycles. The normalized spacial score (nSPS) is 15.7. The molecule has 0 aliphatic carbocycles. The summed E-state index contributed by atoms with van der Waals surface area (Å²) >= 11 is 3.90. The molecule has 1 amide bonds. The lowest BCUT2D eigenvalue weighted by Gasteiger charge is -2.21. The predicted molar refractivity (Wildman–Crippen MR) is 105 cm³/mol. The van der Waals surface area contributed by atoms with Gasteiger partial charge in [0.25, 0.3) is 5.91 Å². The Morgan fingerprint density at radius 1 is 1.26 bits per heavy atom. The Morgan fingerprint density at radius 2 is 1.93 bits per heavy atom. The first-order valence-corrected chi connectivity index (χ1v) is 10.9. The third-order valence-corrected chi connectivity index (χ3v) is 6.85. The summed E-state index contributed by atoms with van der Waals surface area (Å²) in [6, 6.07) is 7.79. The van der Waals surface area contributed by atoms with Crippen molar-refractivity contribution in [1.82, 2.24) is 10.2 Å². The van der Waals surface area contributed by atoms with Crippen molar-refractivity contribution in [2.45, 2.75) is 23.6 Å². The van der Waals surface area contributed by atoms with Crippen molar-refractivity contribution in [2.24, 2.45) is 0 Å². The number of halogens is 3. The third-order valence-electron chi connectivity index (χ3n) is 3.84. The summed E-state index contributed by atoms with van der Waals surface area (Å²) in [5.41, 5.74) is 1.25. The second-order valence-corrected chi connectivity index (χ2v) is 9.07. The van der Waals surface area contributed by atoms with Gasteiger partial charge in [-0.1, -0.05) is 12.1 Å². The molecular formula is C18H25F3N2O2S2. The van der Waals surface area contributed by atoms with Crippen LogP contribution in [0.3, 0.4) is 0 Å². The molecule has 0 saturated carbocycles. The molecule has 0 unspecified atom stereocenters. The van der Waals surface area contributed by atoms with Crippen LogP contribution in [-0.4, -0.2) is 61.8 Å². The van der Waals surface area contributed by atoms with Crippen LogP contribution in [0.4, 0.5) is 13.2 Å². The maximum absolute atomic E-state index is 12.2. The fourth-order valence-electron chi connectivity index (χ4n) is 2.56. The van der Waals surface area contributed by atoms with Crippen LogP contribution in [0.15, 0.2) is 24.3 Å². The quantitative estimate of drug-likeness (QED) is 0.611. The van der Waals surface area contributed by atoms with Gasteiger partial charge in [0.2, 0.25) is 0 Å². The first kappa shape index (κ1) is 22.2. The van der Waals surface area contributed by atoms with Crippen LogP contribution in [0.25, 0.3) is 0 Å². The van der Waals surface area contributed by atoms with Crippen molar-refractivity contribution in [3.05, 3.63) is 29.8 Å². The number of amides is 1. The molecule has 9 heteroatoms. The minimum absolute atomic E-state index is 0.106. The number of carbonyl (C=O) groups excluding carboxylic acids is 1. The van der Waals surface area contributed by atoms with Gasteiger partial charge in [-0.25, -0.2) is 0 Å². The van der Waals surface area contributed by atoms with Crippen molar-refractivity contribution < 1.29 is 22.7 Å². The number of hydrogen-bond acceptors (Lipinski definition) is 5. The van der Waals surface area contributed by atoms with Crippen LogP contribution < -0.4 is 10.1 Å². The fourth-order valence-corrected chi connectivity index (χ4v) is 5.46. The van der Waals surface area contributed by atoms with E-state index in [1.807, 2.05) is 47.8 Å². The van der Waals surface area contributed by atoms with Crippen molar-refractivity contribution >= 4 is 29.4 Å². The van der Waals surface area contributed by atoms with Gasteiger partial charge in [-0.3, -0.25) is 9.69 Å². The molecule has 1 N–H and O–H groups in total. The van der Waals surface area contributed by atoms with E-state index in [2.05, 4.69) is 5.32 Å². The number of ether oxygens (including phenoxy) is 1. The largest absolute Gasteiger partial charge is 0.484 e. The lowest BCUT2D eigenvalue weighted by Crippen LogP contribution is -2.34. The monoisotopic (exact) mass is 422 g/mol. The Morgan fingerprint density at radius 3 is 2.56 bits per heavy atom. The molecule has 1 saturated heterocycles. The maximum atomic E-state index is 12.2. The first-order chi connectivity index (χ1) is 12.8. The SMILES string of the molecule is CN(CCCNC(=O)COc1ccc(C2SCCCS2)cc1)CC(F)(F)F. The van der Waals surface area contributed by atoms with Gasteiger partial charge in [0.05, 0.1) is 11.1 Å². The zero-order chi connectivity index (χ0) is 19.7. The topological polar surface area (TPSA) is 41.6 Å². The van der Waals surface area contributed by atoms with Gasteiger partial charge < -0.3 is 10.1 Å². The number of nitrogens with zero attached hydrogens (tertiary/aromatic N) is 1. The molecule has 4 nitrogen and oxygen atoms in total. The van der Waals surface area contributed by atoms with Crippen molar-refractivity contribution in [3.8, 4) is 5.75 Å². The van der Waals surface area contributed by atoms with E-state index in [0.29, 0.717) is 23.3 Å². The molecule has 1 aliphatic heterocycles. The van der Waals surface area contributed by atoms with Gasteiger partial charge in [-0.15, -0.1) is 23.5 Å². The number of hydrogen-bond donors (Lipinski definition) is 1. The van der Waals surface area contributed by atoms with Crippen LogP contribution in [-0.2, 0) is 4.79 Å². The summed E-state index contributed by atoms with van der Waals surface area (Å²) in [6.45, 7) is -0.471. The van der Waals surface area contributed by atoms with Gasteiger partial charge in [0, 0.05) is 6.54 Å². The molecule has 0 bridgehead atoms. The van der Waals surface area contributed by atoms with E-state index in [0.717, 1.165) is 0 Å². The molecule has 2 rings (SSSR count). The number of carbonyl (C=O) groups is 1. The minimum Gasteiger partial charge on any atom is -0.484 e. The van der Waals surface area contributed by atoms with E-state index in [9.17, 15) is 18.0 Å². The van der Waals surface area contributed by atoms with Crippen LogP contribution in [0.1, 0.15) is 23.0 Å². The number of thioether (sulfide) groups is 2. The first-order valence-electron chi connectivity index (χ1n) is 8.81. The number of nitrogens with one attached hydrogen (secondary N) is 1. The highest BCUT2D eigenvalue weighted by atomic mass is 32.2. The molecule has 0 radical (unpaired) electrons. The number of benzene rings is 1. The molecule has 1 aliphatic rings. The third kappa shape index (κ3) is 9.12. The van der Waals surface area contributed by atoms with Crippen LogP contribution in [0, 0.1) is 0 Å². The smallest absolute Gasteiger partial charge is 0.401 e. The minimum atomic E-state index is -4.20. The fraction of sp³-hybridized carbons (Fsp3) is 0.611. The van der Waals surface area contributed by atoms with E-state index >= 15 is 0 Å². The molecule has 1 aromatic rings. The van der Waals surface area contributed by atoms with Gasteiger partial charge in [-0.2, -0.15) is 13.2 Å². The Hall–Kier alpha value is -1.06.